The molecule has 0 unspecified atom stereocenters. The van der Waals surface area contributed by atoms with Crippen LogP contribution in [-0.4, -0.2) is 53.7 Å². The van der Waals surface area contributed by atoms with Gasteiger partial charge in [0.2, 0.25) is 5.91 Å². The van der Waals surface area contributed by atoms with E-state index in [4.69, 9.17) is 4.74 Å². The Balaban J connectivity index is 2.54. The molecule has 3 N–H and O–H groups in total. The number of carbonyl (C=O) groups excluding carboxylic acids is 4. The van der Waals surface area contributed by atoms with Gasteiger partial charge in [-0.1, -0.05) is 30.3 Å². The van der Waals surface area contributed by atoms with E-state index in [9.17, 15) is 19.2 Å². The van der Waals surface area contributed by atoms with Gasteiger partial charge in [0.25, 0.3) is 5.91 Å². The smallest absolute Gasteiger partial charge is 0.408 e. The molecule has 3 amide bonds. The first-order valence-electron chi connectivity index (χ1n) is 11.0. The normalized spacial score (nSPS) is 13.1. The third-order valence-electron chi connectivity index (χ3n) is 4.96. The van der Waals surface area contributed by atoms with Crippen molar-refractivity contribution < 1.29 is 28.7 Å². The molecule has 1 aromatic heterocycles. The van der Waals surface area contributed by atoms with Crippen LogP contribution in [0.25, 0.3) is 0 Å². The first-order valence-corrected chi connectivity index (χ1v) is 11.0. The lowest BCUT2D eigenvalue weighted by atomic mass is 9.81. The molecule has 0 spiro atoms. The van der Waals surface area contributed by atoms with Crippen LogP contribution < -0.4 is 16.0 Å². The van der Waals surface area contributed by atoms with E-state index < -0.39 is 47.1 Å². The van der Waals surface area contributed by atoms with Gasteiger partial charge in [-0.05, 0) is 57.9 Å². The number of amides is 3. The first-order chi connectivity index (χ1) is 16.3. The summed E-state index contributed by atoms with van der Waals surface area (Å²) in [4.78, 5) is 55.4. The Morgan fingerprint density at radius 2 is 1.40 bits per heavy atom. The largest absolute Gasteiger partial charge is 0.468 e. The number of hydrogen-bond acceptors (Lipinski definition) is 7. The Labute approximate surface area is 204 Å². The highest BCUT2D eigenvalue weighted by Gasteiger charge is 2.46. The van der Waals surface area contributed by atoms with E-state index in [1.807, 2.05) is 0 Å². The molecular formula is C25H32N4O6. The molecule has 1 heterocycles. The second-order valence-electron chi connectivity index (χ2n) is 9.32. The number of benzene rings is 1. The zero-order chi connectivity index (χ0) is 26.3. The van der Waals surface area contributed by atoms with Crippen LogP contribution in [0.5, 0.6) is 0 Å². The third kappa shape index (κ3) is 7.02. The molecule has 35 heavy (non-hydrogen) atoms. The molecule has 2 rings (SSSR count). The van der Waals surface area contributed by atoms with E-state index in [0.29, 0.717) is 11.1 Å². The first kappa shape index (κ1) is 27.3. The summed E-state index contributed by atoms with van der Waals surface area (Å²) >= 11 is 0. The highest BCUT2D eigenvalue weighted by molar-refractivity contribution is 5.99. The Kier molecular flexibility index (Phi) is 8.57. The van der Waals surface area contributed by atoms with E-state index in [1.54, 1.807) is 63.2 Å². The fraction of sp³-hybridized carbons (Fsp3) is 0.400. The quantitative estimate of drug-likeness (QED) is 0.488. The van der Waals surface area contributed by atoms with Gasteiger partial charge >= 0.3 is 12.1 Å². The molecule has 0 saturated carbocycles. The van der Waals surface area contributed by atoms with Gasteiger partial charge in [-0.3, -0.25) is 19.4 Å². The van der Waals surface area contributed by atoms with Crippen molar-refractivity contribution in [2.24, 2.45) is 0 Å². The lowest BCUT2D eigenvalue weighted by molar-refractivity contribution is -0.142. The van der Waals surface area contributed by atoms with E-state index >= 15 is 0 Å². The number of rotatable bonds is 8. The molecule has 10 heteroatoms. The fourth-order valence-corrected chi connectivity index (χ4v) is 3.22. The van der Waals surface area contributed by atoms with Crippen LogP contribution in [0.4, 0.5) is 4.79 Å². The number of aromatic nitrogens is 1. The predicted molar refractivity (Wildman–Crippen MR) is 128 cm³/mol. The Morgan fingerprint density at radius 3 is 1.94 bits per heavy atom. The number of alkyl carbamates (subject to hydrolysis) is 1. The zero-order valence-corrected chi connectivity index (χ0v) is 20.8. The van der Waals surface area contributed by atoms with Crippen LogP contribution in [0.3, 0.4) is 0 Å². The van der Waals surface area contributed by atoms with Crippen LogP contribution in [0.1, 0.15) is 45.7 Å². The maximum Gasteiger partial charge on any atom is 0.408 e. The van der Waals surface area contributed by atoms with Crippen molar-refractivity contribution in [3.05, 3.63) is 66.0 Å². The average Bonchev–Trinajstić information content (AvgIpc) is 2.80. The average molecular weight is 485 g/mol. The maximum absolute atomic E-state index is 13.7. The second-order valence-corrected chi connectivity index (χ2v) is 9.32. The van der Waals surface area contributed by atoms with Crippen molar-refractivity contribution in [3.63, 3.8) is 0 Å². The number of esters is 1. The highest BCUT2D eigenvalue weighted by Crippen LogP contribution is 2.31. The molecule has 2 aromatic rings. The van der Waals surface area contributed by atoms with Crippen molar-refractivity contribution in [1.82, 2.24) is 20.9 Å². The molecule has 0 aliphatic heterocycles. The number of nitrogens with one attached hydrogen (secondary N) is 3. The molecule has 0 fully saturated rings. The number of pyridine rings is 1. The van der Waals surface area contributed by atoms with Gasteiger partial charge in [0, 0.05) is 12.4 Å². The summed E-state index contributed by atoms with van der Waals surface area (Å²) in [5.41, 5.74) is -3.19. The number of nitrogens with zero attached hydrogens (tertiary/aromatic N) is 1. The number of ether oxygens (including phenoxy) is 2. The van der Waals surface area contributed by atoms with Gasteiger partial charge in [0.15, 0.2) is 5.54 Å². The molecule has 0 aliphatic carbocycles. The Morgan fingerprint density at radius 1 is 0.829 bits per heavy atom. The number of hydrogen-bond donors (Lipinski definition) is 3. The lowest BCUT2D eigenvalue weighted by Crippen LogP contribution is -2.64. The monoisotopic (exact) mass is 484 g/mol. The molecule has 0 aliphatic rings. The van der Waals surface area contributed by atoms with Gasteiger partial charge in [-0.2, -0.15) is 0 Å². The number of carbonyl (C=O) groups is 4. The summed E-state index contributed by atoms with van der Waals surface area (Å²) in [5.74, 6) is -2.01. The van der Waals surface area contributed by atoms with Gasteiger partial charge in [0.05, 0.1) is 7.11 Å². The van der Waals surface area contributed by atoms with Crippen molar-refractivity contribution in [1.29, 1.82) is 0 Å². The number of methoxy groups -OCH3 is 1. The summed E-state index contributed by atoms with van der Waals surface area (Å²) < 4.78 is 9.91. The summed E-state index contributed by atoms with van der Waals surface area (Å²) in [6.45, 7) is 7.67. The molecular weight excluding hydrogens is 452 g/mol. The summed E-state index contributed by atoms with van der Waals surface area (Å²) in [5, 5.41) is 7.90. The van der Waals surface area contributed by atoms with Gasteiger partial charge in [0.1, 0.15) is 17.7 Å². The van der Waals surface area contributed by atoms with Crippen molar-refractivity contribution in [2.75, 3.05) is 13.7 Å². The topological polar surface area (TPSA) is 136 Å². The van der Waals surface area contributed by atoms with Crippen molar-refractivity contribution >= 4 is 23.9 Å². The van der Waals surface area contributed by atoms with Crippen LogP contribution in [0, 0.1) is 0 Å². The zero-order valence-electron chi connectivity index (χ0n) is 20.8. The van der Waals surface area contributed by atoms with Crippen molar-refractivity contribution in [2.45, 2.75) is 51.3 Å². The van der Waals surface area contributed by atoms with Gasteiger partial charge in [-0.15, -0.1) is 0 Å². The minimum atomic E-state index is -1.76. The van der Waals surface area contributed by atoms with E-state index in [2.05, 4.69) is 25.7 Å². The van der Waals surface area contributed by atoms with E-state index in [1.165, 1.54) is 33.4 Å². The second kappa shape index (κ2) is 11.0. The van der Waals surface area contributed by atoms with Gasteiger partial charge < -0.3 is 25.4 Å². The van der Waals surface area contributed by atoms with Crippen LogP contribution >= 0.6 is 0 Å². The molecule has 0 saturated heterocycles. The summed E-state index contributed by atoms with van der Waals surface area (Å²) in [7, 11) is 1.20. The maximum atomic E-state index is 13.7. The third-order valence-corrected chi connectivity index (χ3v) is 4.96. The lowest BCUT2D eigenvalue weighted by Gasteiger charge is -2.37. The molecule has 0 radical (unpaired) electrons. The summed E-state index contributed by atoms with van der Waals surface area (Å²) in [6, 6.07) is 11.7. The van der Waals surface area contributed by atoms with E-state index in [-0.39, 0.29) is 0 Å². The van der Waals surface area contributed by atoms with E-state index in [0.717, 1.165) is 0 Å². The molecule has 1 aromatic carbocycles. The molecule has 1 atom stereocenters. The standard InChI is InChI=1S/C25H32N4O6/c1-23(2,3)35-22(33)29-24(4,5)20(31)28-25(17-10-8-7-9-11-17,18-12-14-26-15-13-18)21(32)27-16-19(30)34-6/h7-15H,16H2,1-6H3,(H,27,32)(H,28,31)(H,29,33)/t25-/m1/s1. The Bertz CT molecular complexity index is 1010. The molecule has 10 nitrogen and oxygen atoms in total. The Hall–Kier alpha value is -3.95. The van der Waals surface area contributed by atoms with Crippen LogP contribution in [0.15, 0.2) is 54.9 Å². The highest BCUT2D eigenvalue weighted by atomic mass is 16.6. The van der Waals surface area contributed by atoms with Gasteiger partial charge in [-0.25, -0.2) is 4.79 Å². The fourth-order valence-electron chi connectivity index (χ4n) is 3.22. The molecule has 0 bridgehead atoms. The minimum Gasteiger partial charge on any atom is -0.468 e. The minimum absolute atomic E-state index is 0.391. The molecule has 188 valence electrons. The SMILES string of the molecule is COC(=O)CNC(=O)[C@@](NC(=O)C(C)(C)NC(=O)OC(C)(C)C)(c1ccccc1)c1ccncc1. The van der Waals surface area contributed by atoms with Crippen LogP contribution in [0.2, 0.25) is 0 Å². The predicted octanol–water partition coefficient (Wildman–Crippen LogP) is 2.03. The van der Waals surface area contributed by atoms with Crippen LogP contribution in [-0.2, 0) is 29.4 Å². The van der Waals surface area contributed by atoms with Crippen molar-refractivity contribution in [3.8, 4) is 0 Å². The summed E-state index contributed by atoms with van der Waals surface area (Å²) in [6.07, 6.45) is 2.18.